The lowest BCUT2D eigenvalue weighted by Crippen LogP contribution is -2.36. The van der Waals surface area contributed by atoms with Crippen LogP contribution in [0.4, 0.5) is 5.69 Å². The van der Waals surface area contributed by atoms with Crippen LogP contribution in [-0.4, -0.2) is 17.9 Å². The number of hydrogen-bond acceptors (Lipinski definition) is 2. The standard InChI is InChI=1S/C16H22N2O2/c1-10(2)11(3)17-16(20)13-5-4-6-14(9-13)18-15(19)12-7-8-12/h4-6,9-12H,7-8H2,1-3H3,(H,17,20)(H,18,19). The molecule has 4 heteroatoms. The third kappa shape index (κ3) is 3.83. The van der Waals surface area contributed by atoms with E-state index in [0.717, 1.165) is 12.8 Å². The van der Waals surface area contributed by atoms with Gasteiger partial charge in [0.2, 0.25) is 5.91 Å². The monoisotopic (exact) mass is 274 g/mol. The second-order valence-electron chi connectivity index (χ2n) is 5.85. The van der Waals surface area contributed by atoms with Crippen LogP contribution in [0.3, 0.4) is 0 Å². The summed E-state index contributed by atoms with van der Waals surface area (Å²) in [5, 5.41) is 5.82. The van der Waals surface area contributed by atoms with Crippen molar-refractivity contribution in [3.8, 4) is 0 Å². The number of benzene rings is 1. The third-order valence-electron chi connectivity index (χ3n) is 3.70. The van der Waals surface area contributed by atoms with E-state index >= 15 is 0 Å². The first-order valence-corrected chi connectivity index (χ1v) is 7.19. The lowest BCUT2D eigenvalue weighted by atomic mass is 10.1. The molecule has 0 radical (unpaired) electrons. The molecule has 2 rings (SSSR count). The second kappa shape index (κ2) is 6.07. The van der Waals surface area contributed by atoms with Gasteiger partial charge in [-0.1, -0.05) is 19.9 Å². The predicted octanol–water partition coefficient (Wildman–Crippen LogP) is 2.81. The minimum atomic E-state index is -0.103. The van der Waals surface area contributed by atoms with Crippen LogP contribution < -0.4 is 10.6 Å². The topological polar surface area (TPSA) is 58.2 Å². The SMILES string of the molecule is CC(C)C(C)NC(=O)c1cccc(NC(=O)C2CC2)c1. The fourth-order valence-corrected chi connectivity index (χ4v) is 1.78. The summed E-state index contributed by atoms with van der Waals surface area (Å²) >= 11 is 0. The summed E-state index contributed by atoms with van der Waals surface area (Å²) in [6.45, 7) is 6.12. The molecule has 2 amide bonds. The molecule has 1 fully saturated rings. The van der Waals surface area contributed by atoms with Crippen LogP contribution in [0, 0.1) is 11.8 Å². The average Bonchev–Trinajstić information content (AvgIpc) is 3.23. The number of rotatable bonds is 5. The molecule has 1 aromatic carbocycles. The van der Waals surface area contributed by atoms with Crippen LogP contribution >= 0.6 is 0 Å². The van der Waals surface area contributed by atoms with E-state index in [4.69, 9.17) is 0 Å². The van der Waals surface area contributed by atoms with Gasteiger partial charge in [0.05, 0.1) is 0 Å². The van der Waals surface area contributed by atoms with Crippen LogP contribution in [0.1, 0.15) is 44.0 Å². The number of nitrogens with one attached hydrogen (secondary N) is 2. The van der Waals surface area contributed by atoms with Gasteiger partial charge in [-0.05, 0) is 43.9 Å². The highest BCUT2D eigenvalue weighted by molar-refractivity contribution is 5.98. The van der Waals surface area contributed by atoms with Gasteiger partial charge in [0.25, 0.3) is 5.91 Å². The van der Waals surface area contributed by atoms with Gasteiger partial charge >= 0.3 is 0 Å². The first-order chi connectivity index (χ1) is 9.47. The predicted molar refractivity (Wildman–Crippen MR) is 79.6 cm³/mol. The van der Waals surface area contributed by atoms with Gasteiger partial charge in [-0.15, -0.1) is 0 Å². The molecule has 0 aliphatic heterocycles. The van der Waals surface area contributed by atoms with Gasteiger partial charge in [-0.25, -0.2) is 0 Å². The lowest BCUT2D eigenvalue weighted by molar-refractivity contribution is -0.117. The number of hydrogen-bond donors (Lipinski definition) is 2. The largest absolute Gasteiger partial charge is 0.349 e. The molecule has 1 aliphatic carbocycles. The van der Waals surface area contributed by atoms with Gasteiger partial charge in [-0.2, -0.15) is 0 Å². The van der Waals surface area contributed by atoms with Crippen LogP contribution in [-0.2, 0) is 4.79 Å². The maximum absolute atomic E-state index is 12.1. The molecule has 0 spiro atoms. The van der Waals surface area contributed by atoms with E-state index in [9.17, 15) is 9.59 Å². The van der Waals surface area contributed by atoms with E-state index < -0.39 is 0 Å². The van der Waals surface area contributed by atoms with E-state index in [1.165, 1.54) is 0 Å². The first-order valence-electron chi connectivity index (χ1n) is 7.19. The summed E-state index contributed by atoms with van der Waals surface area (Å²) in [7, 11) is 0. The zero-order valence-electron chi connectivity index (χ0n) is 12.3. The van der Waals surface area contributed by atoms with Crippen molar-refractivity contribution in [2.75, 3.05) is 5.32 Å². The maximum Gasteiger partial charge on any atom is 0.251 e. The van der Waals surface area contributed by atoms with Crippen molar-refractivity contribution in [2.45, 2.75) is 39.7 Å². The van der Waals surface area contributed by atoms with Crippen LogP contribution in [0.25, 0.3) is 0 Å². The van der Waals surface area contributed by atoms with Crippen molar-refractivity contribution in [3.05, 3.63) is 29.8 Å². The molecule has 0 heterocycles. The highest BCUT2D eigenvalue weighted by Crippen LogP contribution is 2.30. The summed E-state index contributed by atoms with van der Waals surface area (Å²) in [5.74, 6) is 0.497. The highest BCUT2D eigenvalue weighted by atomic mass is 16.2. The third-order valence-corrected chi connectivity index (χ3v) is 3.70. The Kier molecular flexibility index (Phi) is 4.42. The quantitative estimate of drug-likeness (QED) is 0.867. The smallest absolute Gasteiger partial charge is 0.251 e. The summed E-state index contributed by atoms with van der Waals surface area (Å²) in [6.07, 6.45) is 1.94. The lowest BCUT2D eigenvalue weighted by Gasteiger charge is -2.17. The highest BCUT2D eigenvalue weighted by Gasteiger charge is 2.29. The Labute approximate surface area is 119 Å². The van der Waals surface area contributed by atoms with E-state index in [2.05, 4.69) is 24.5 Å². The van der Waals surface area contributed by atoms with Crippen molar-refractivity contribution >= 4 is 17.5 Å². The van der Waals surface area contributed by atoms with Gasteiger partial charge in [0.15, 0.2) is 0 Å². The molecule has 2 N–H and O–H groups in total. The van der Waals surface area contributed by atoms with Gasteiger partial charge < -0.3 is 10.6 Å². The Hall–Kier alpha value is -1.84. The zero-order chi connectivity index (χ0) is 14.7. The van der Waals surface area contributed by atoms with E-state index in [1.807, 2.05) is 13.0 Å². The van der Waals surface area contributed by atoms with Crippen LogP contribution in [0.15, 0.2) is 24.3 Å². The molecule has 1 unspecified atom stereocenters. The molecule has 0 saturated heterocycles. The molecule has 20 heavy (non-hydrogen) atoms. The maximum atomic E-state index is 12.1. The van der Waals surface area contributed by atoms with Gasteiger partial charge in [-0.3, -0.25) is 9.59 Å². The van der Waals surface area contributed by atoms with Crippen molar-refractivity contribution in [2.24, 2.45) is 11.8 Å². The minimum absolute atomic E-state index is 0.0538. The first kappa shape index (κ1) is 14.6. The summed E-state index contributed by atoms with van der Waals surface area (Å²) in [6, 6.07) is 7.20. The Bertz CT molecular complexity index is 507. The number of anilines is 1. The van der Waals surface area contributed by atoms with E-state index in [-0.39, 0.29) is 23.8 Å². The Morgan fingerprint density at radius 1 is 1.20 bits per heavy atom. The fraction of sp³-hybridized carbons (Fsp3) is 0.500. The van der Waals surface area contributed by atoms with Crippen LogP contribution in [0.5, 0.6) is 0 Å². The van der Waals surface area contributed by atoms with Gasteiger partial charge in [0, 0.05) is 23.2 Å². The number of carbonyl (C=O) groups is 2. The van der Waals surface area contributed by atoms with E-state index in [1.54, 1.807) is 18.2 Å². The summed E-state index contributed by atoms with van der Waals surface area (Å²) < 4.78 is 0. The number of carbonyl (C=O) groups excluding carboxylic acids is 2. The normalized spacial score (nSPS) is 15.8. The van der Waals surface area contributed by atoms with Crippen molar-refractivity contribution in [1.82, 2.24) is 5.32 Å². The molecular weight excluding hydrogens is 252 g/mol. The number of amides is 2. The van der Waals surface area contributed by atoms with Crippen molar-refractivity contribution in [1.29, 1.82) is 0 Å². The average molecular weight is 274 g/mol. The molecule has 0 aromatic heterocycles. The Morgan fingerprint density at radius 3 is 2.50 bits per heavy atom. The molecule has 1 saturated carbocycles. The van der Waals surface area contributed by atoms with Gasteiger partial charge in [0.1, 0.15) is 0 Å². The van der Waals surface area contributed by atoms with E-state index in [0.29, 0.717) is 17.2 Å². The molecule has 1 atom stereocenters. The van der Waals surface area contributed by atoms with Crippen molar-refractivity contribution in [3.63, 3.8) is 0 Å². The molecule has 4 nitrogen and oxygen atoms in total. The fourth-order valence-electron chi connectivity index (χ4n) is 1.78. The minimum Gasteiger partial charge on any atom is -0.349 e. The molecular formula is C16H22N2O2. The molecule has 108 valence electrons. The molecule has 1 aromatic rings. The zero-order valence-corrected chi connectivity index (χ0v) is 12.3. The second-order valence-corrected chi connectivity index (χ2v) is 5.85. The summed E-state index contributed by atoms with van der Waals surface area (Å²) in [4.78, 5) is 23.8. The van der Waals surface area contributed by atoms with Crippen LogP contribution in [0.2, 0.25) is 0 Å². The Morgan fingerprint density at radius 2 is 1.90 bits per heavy atom. The Balaban J connectivity index is 2.01. The molecule has 1 aliphatic rings. The molecule has 0 bridgehead atoms. The van der Waals surface area contributed by atoms with Crippen molar-refractivity contribution < 1.29 is 9.59 Å². The summed E-state index contributed by atoms with van der Waals surface area (Å²) in [5.41, 5.74) is 1.26.